The fourth-order valence-corrected chi connectivity index (χ4v) is 4.14. The molecule has 0 fully saturated rings. The molecular formula is C30H39F4N3. The van der Waals surface area contributed by atoms with Crippen molar-refractivity contribution in [1.29, 1.82) is 0 Å². The molecule has 0 spiro atoms. The number of hydrogen-bond donors (Lipinski definition) is 2. The van der Waals surface area contributed by atoms with E-state index in [4.69, 9.17) is 5.73 Å². The number of unbranched alkanes of at least 4 members (excludes halogenated alkanes) is 3. The zero-order valence-electron chi connectivity index (χ0n) is 22.1. The molecule has 3 N–H and O–H groups in total. The van der Waals surface area contributed by atoms with Gasteiger partial charge in [0.2, 0.25) is 0 Å². The van der Waals surface area contributed by atoms with Crippen molar-refractivity contribution in [2.75, 3.05) is 0 Å². The van der Waals surface area contributed by atoms with Gasteiger partial charge >= 0.3 is 6.18 Å². The summed E-state index contributed by atoms with van der Waals surface area (Å²) in [5.74, 6) is -0.0274. The summed E-state index contributed by atoms with van der Waals surface area (Å²) in [6.07, 6.45) is 4.28. The molecule has 0 atom stereocenters. The van der Waals surface area contributed by atoms with Crippen LogP contribution in [0.4, 0.5) is 17.6 Å². The Kier molecular flexibility index (Phi) is 11.9. The number of aliphatic imine (C=N–C) groups is 1. The number of hydrogen-bond acceptors (Lipinski definition) is 2. The third kappa shape index (κ3) is 9.38. The monoisotopic (exact) mass is 517 g/mol. The summed E-state index contributed by atoms with van der Waals surface area (Å²) >= 11 is 0. The second-order valence-electron chi connectivity index (χ2n) is 9.30. The Balaban J connectivity index is 0.000000717. The molecule has 0 heterocycles. The van der Waals surface area contributed by atoms with Crippen molar-refractivity contribution in [3.8, 4) is 0 Å². The van der Waals surface area contributed by atoms with Crippen molar-refractivity contribution in [2.24, 2.45) is 10.7 Å². The SMILES string of the molecule is C=C(NC(=NCc1ccccc1C(F)(F)F)C1=C(N)CCCC1)c1cc(F)ccc1C.CCCCCC. The van der Waals surface area contributed by atoms with Crippen LogP contribution < -0.4 is 11.1 Å². The van der Waals surface area contributed by atoms with Crippen LogP contribution in [-0.2, 0) is 12.7 Å². The molecule has 3 rings (SSSR count). The first kappa shape index (κ1) is 30.1. The van der Waals surface area contributed by atoms with Crippen molar-refractivity contribution >= 4 is 11.5 Å². The van der Waals surface area contributed by atoms with E-state index in [1.807, 2.05) is 6.92 Å². The van der Waals surface area contributed by atoms with Crippen molar-refractivity contribution < 1.29 is 17.6 Å². The molecule has 7 heteroatoms. The number of rotatable bonds is 8. The molecule has 1 aliphatic rings. The fourth-order valence-electron chi connectivity index (χ4n) is 4.14. The van der Waals surface area contributed by atoms with E-state index >= 15 is 0 Å². The molecule has 0 saturated heterocycles. The molecule has 0 unspecified atom stereocenters. The highest BCUT2D eigenvalue weighted by molar-refractivity contribution is 6.03. The van der Waals surface area contributed by atoms with Gasteiger partial charge in [-0.25, -0.2) is 4.39 Å². The average Bonchev–Trinajstić information content (AvgIpc) is 2.87. The summed E-state index contributed by atoms with van der Waals surface area (Å²) in [5, 5.41) is 3.10. The van der Waals surface area contributed by atoms with E-state index in [1.54, 1.807) is 12.1 Å². The summed E-state index contributed by atoms with van der Waals surface area (Å²) in [5.41, 5.74) is 8.77. The van der Waals surface area contributed by atoms with Crippen molar-refractivity contribution in [2.45, 2.75) is 84.9 Å². The number of allylic oxidation sites excluding steroid dienone is 1. The lowest BCUT2D eigenvalue weighted by atomic mass is 9.95. The highest BCUT2D eigenvalue weighted by atomic mass is 19.4. The van der Waals surface area contributed by atoms with Gasteiger partial charge in [-0.1, -0.05) is 70.4 Å². The number of aryl methyl sites for hydroxylation is 1. The van der Waals surface area contributed by atoms with Gasteiger partial charge in [-0.2, -0.15) is 13.2 Å². The minimum atomic E-state index is -4.47. The maximum atomic E-state index is 13.8. The van der Waals surface area contributed by atoms with Gasteiger partial charge in [0.15, 0.2) is 0 Å². The van der Waals surface area contributed by atoms with Gasteiger partial charge in [0, 0.05) is 22.5 Å². The summed E-state index contributed by atoms with van der Waals surface area (Å²) < 4.78 is 53.8. The lowest BCUT2D eigenvalue weighted by Gasteiger charge is -2.22. The minimum absolute atomic E-state index is 0.0665. The Morgan fingerprint density at radius 3 is 2.30 bits per heavy atom. The van der Waals surface area contributed by atoms with Gasteiger partial charge in [0.1, 0.15) is 11.7 Å². The van der Waals surface area contributed by atoms with Gasteiger partial charge in [0.05, 0.1) is 12.1 Å². The normalized spacial score (nSPS) is 14.2. The minimum Gasteiger partial charge on any atom is -0.402 e. The number of nitrogens with one attached hydrogen (secondary N) is 1. The molecule has 0 bridgehead atoms. The highest BCUT2D eigenvalue weighted by Gasteiger charge is 2.32. The van der Waals surface area contributed by atoms with Crippen LogP contribution in [0, 0.1) is 12.7 Å². The van der Waals surface area contributed by atoms with E-state index < -0.39 is 17.6 Å². The first-order chi connectivity index (χ1) is 17.6. The third-order valence-electron chi connectivity index (χ3n) is 6.28. The zero-order chi connectivity index (χ0) is 27.4. The first-order valence-electron chi connectivity index (χ1n) is 13.0. The molecular weight excluding hydrogens is 478 g/mol. The zero-order valence-corrected chi connectivity index (χ0v) is 22.1. The topological polar surface area (TPSA) is 50.4 Å². The maximum absolute atomic E-state index is 13.8. The van der Waals surface area contributed by atoms with Crippen LogP contribution in [0.3, 0.4) is 0 Å². The van der Waals surface area contributed by atoms with Gasteiger partial charge in [-0.05, 0) is 61.9 Å². The Morgan fingerprint density at radius 2 is 1.68 bits per heavy atom. The second kappa shape index (κ2) is 14.6. The van der Waals surface area contributed by atoms with Crippen LogP contribution >= 0.6 is 0 Å². The fraction of sp³-hybridized carbons (Fsp3) is 0.433. The molecule has 3 nitrogen and oxygen atoms in total. The summed E-state index contributed by atoms with van der Waals surface area (Å²) in [4.78, 5) is 4.47. The number of halogens is 4. The van der Waals surface area contributed by atoms with Crippen LogP contribution in [0.2, 0.25) is 0 Å². The van der Waals surface area contributed by atoms with E-state index in [0.717, 1.165) is 30.0 Å². The van der Waals surface area contributed by atoms with Gasteiger partial charge in [0.25, 0.3) is 0 Å². The summed E-state index contributed by atoms with van der Waals surface area (Å²) in [6, 6.07) is 9.72. The summed E-state index contributed by atoms with van der Waals surface area (Å²) in [7, 11) is 0. The highest BCUT2D eigenvalue weighted by Crippen LogP contribution is 2.32. The van der Waals surface area contributed by atoms with E-state index in [0.29, 0.717) is 35.6 Å². The van der Waals surface area contributed by atoms with Gasteiger partial charge in [-0.15, -0.1) is 0 Å². The van der Waals surface area contributed by atoms with Crippen LogP contribution in [0.25, 0.3) is 5.70 Å². The van der Waals surface area contributed by atoms with Crippen LogP contribution in [0.5, 0.6) is 0 Å². The molecule has 2 aromatic carbocycles. The molecule has 2 aromatic rings. The number of nitrogens with two attached hydrogens (primary N) is 1. The molecule has 0 aromatic heterocycles. The average molecular weight is 518 g/mol. The number of nitrogens with zero attached hydrogens (tertiary/aromatic N) is 1. The lowest BCUT2D eigenvalue weighted by molar-refractivity contribution is -0.138. The van der Waals surface area contributed by atoms with Crippen LogP contribution in [-0.4, -0.2) is 5.84 Å². The maximum Gasteiger partial charge on any atom is 0.416 e. The molecule has 202 valence electrons. The predicted molar refractivity (Wildman–Crippen MR) is 145 cm³/mol. The smallest absolute Gasteiger partial charge is 0.402 e. The Bertz CT molecular complexity index is 1100. The molecule has 1 aliphatic carbocycles. The Morgan fingerprint density at radius 1 is 1.03 bits per heavy atom. The lowest BCUT2D eigenvalue weighted by Crippen LogP contribution is -2.28. The third-order valence-corrected chi connectivity index (χ3v) is 6.28. The van der Waals surface area contributed by atoms with Crippen molar-refractivity contribution in [3.05, 3.63) is 88.4 Å². The van der Waals surface area contributed by atoms with Gasteiger partial charge in [-0.3, -0.25) is 4.99 Å². The second-order valence-corrected chi connectivity index (χ2v) is 9.30. The van der Waals surface area contributed by atoms with Crippen LogP contribution in [0.1, 0.15) is 87.5 Å². The van der Waals surface area contributed by atoms with E-state index in [9.17, 15) is 17.6 Å². The van der Waals surface area contributed by atoms with Crippen molar-refractivity contribution in [1.82, 2.24) is 5.32 Å². The number of benzene rings is 2. The largest absolute Gasteiger partial charge is 0.416 e. The van der Waals surface area contributed by atoms with E-state index in [-0.39, 0.29) is 12.1 Å². The molecule has 0 radical (unpaired) electrons. The Hall–Kier alpha value is -3.09. The van der Waals surface area contributed by atoms with E-state index in [2.05, 4.69) is 30.7 Å². The molecule has 0 saturated carbocycles. The quantitative estimate of drug-likeness (QED) is 0.159. The van der Waals surface area contributed by atoms with Crippen molar-refractivity contribution in [3.63, 3.8) is 0 Å². The summed E-state index contributed by atoms with van der Waals surface area (Å²) in [6.45, 7) is 10.1. The van der Waals surface area contributed by atoms with Gasteiger partial charge < -0.3 is 11.1 Å². The molecule has 37 heavy (non-hydrogen) atoms. The first-order valence-corrected chi connectivity index (χ1v) is 13.0. The predicted octanol–water partition coefficient (Wildman–Crippen LogP) is 8.69. The van der Waals surface area contributed by atoms with E-state index in [1.165, 1.54) is 49.9 Å². The molecule has 0 amide bonds. The number of alkyl halides is 3. The van der Waals surface area contributed by atoms with Crippen LogP contribution in [0.15, 0.2) is 65.3 Å². The number of amidine groups is 1. The Labute approximate surface area is 218 Å². The standard InChI is InChI=1S/C24H25F4N3.C6H14/c1-15-11-12-18(25)13-20(15)16(2)31-23(19-8-4-6-10-22(19)29)30-14-17-7-3-5-9-21(17)24(26,27)28;1-3-5-6-4-2/h3,5,7,9,11-13H,2,4,6,8,10,14,29H2,1H3,(H,30,31);3-6H2,1-2H3. The molecule has 0 aliphatic heterocycles.